The molecule has 1 heterocycles. The highest BCUT2D eigenvalue weighted by Gasteiger charge is 2.18. The molecule has 0 unspecified atom stereocenters. The van der Waals surface area contributed by atoms with Gasteiger partial charge in [0.25, 0.3) is 0 Å². The molecule has 0 N–H and O–H groups in total. The summed E-state index contributed by atoms with van der Waals surface area (Å²) >= 11 is 6.13. The van der Waals surface area contributed by atoms with Gasteiger partial charge in [-0.05, 0) is 35.9 Å². The molecule has 5 nitrogen and oxygen atoms in total. The molecule has 0 atom stereocenters. The minimum atomic E-state index is -0.191. The Morgan fingerprint density at radius 3 is 2.75 bits per heavy atom. The summed E-state index contributed by atoms with van der Waals surface area (Å²) in [6, 6.07) is 8.52. The van der Waals surface area contributed by atoms with Crippen LogP contribution in [-0.2, 0) is 0 Å². The lowest BCUT2D eigenvalue weighted by Gasteiger charge is -2.08. The second-order valence-electron chi connectivity index (χ2n) is 5.00. The van der Waals surface area contributed by atoms with Crippen LogP contribution < -0.4 is 18.9 Å². The van der Waals surface area contributed by atoms with E-state index in [-0.39, 0.29) is 12.6 Å². The van der Waals surface area contributed by atoms with E-state index in [9.17, 15) is 4.79 Å². The van der Waals surface area contributed by atoms with Crippen molar-refractivity contribution in [3.05, 3.63) is 52.6 Å². The fourth-order valence-corrected chi connectivity index (χ4v) is 2.62. The summed E-state index contributed by atoms with van der Waals surface area (Å²) in [5.41, 5.74) is 1.19. The van der Waals surface area contributed by atoms with E-state index < -0.39 is 0 Å². The number of benzene rings is 2. The normalized spacial score (nSPS) is 12.5. The third-order valence-corrected chi connectivity index (χ3v) is 3.83. The summed E-state index contributed by atoms with van der Waals surface area (Å²) in [6.07, 6.45) is 3.12. The van der Waals surface area contributed by atoms with Crippen molar-refractivity contribution in [2.45, 2.75) is 0 Å². The number of allylic oxidation sites excluding steroid dienone is 1. The molecule has 1 aliphatic heterocycles. The van der Waals surface area contributed by atoms with Crippen LogP contribution in [0.5, 0.6) is 23.0 Å². The number of halogens is 1. The molecule has 0 amide bonds. The molecule has 1 aliphatic rings. The van der Waals surface area contributed by atoms with Crippen molar-refractivity contribution >= 4 is 23.5 Å². The van der Waals surface area contributed by atoms with Gasteiger partial charge in [0.15, 0.2) is 17.3 Å². The number of rotatable bonds is 5. The van der Waals surface area contributed by atoms with Crippen molar-refractivity contribution in [2.24, 2.45) is 0 Å². The van der Waals surface area contributed by atoms with Crippen molar-refractivity contribution in [3.63, 3.8) is 0 Å². The van der Waals surface area contributed by atoms with Gasteiger partial charge in [0, 0.05) is 6.07 Å². The third-order valence-electron chi connectivity index (χ3n) is 3.55. The highest BCUT2D eigenvalue weighted by molar-refractivity contribution is 6.32. The lowest BCUT2D eigenvalue weighted by molar-refractivity contribution is 0.104. The lowest BCUT2D eigenvalue weighted by Crippen LogP contribution is -1.99. The molecular weight excluding hydrogens is 332 g/mol. The molecule has 0 radical (unpaired) electrons. The van der Waals surface area contributed by atoms with Crippen LogP contribution in [0.25, 0.3) is 6.08 Å². The van der Waals surface area contributed by atoms with E-state index in [0.717, 1.165) is 5.56 Å². The van der Waals surface area contributed by atoms with Crippen molar-refractivity contribution in [2.75, 3.05) is 21.0 Å². The molecule has 0 aromatic heterocycles. The summed E-state index contributed by atoms with van der Waals surface area (Å²) in [7, 11) is 3.06. The van der Waals surface area contributed by atoms with Gasteiger partial charge in [-0.25, -0.2) is 0 Å². The largest absolute Gasteiger partial charge is 0.497 e. The highest BCUT2D eigenvalue weighted by Crippen LogP contribution is 2.40. The van der Waals surface area contributed by atoms with Crippen molar-refractivity contribution in [1.82, 2.24) is 0 Å². The quantitative estimate of drug-likeness (QED) is 0.605. The molecule has 6 heteroatoms. The average molecular weight is 347 g/mol. The first-order valence-corrected chi connectivity index (χ1v) is 7.53. The van der Waals surface area contributed by atoms with E-state index in [2.05, 4.69) is 0 Å². The summed E-state index contributed by atoms with van der Waals surface area (Å²) in [5, 5.41) is 0.444. The first kappa shape index (κ1) is 16.2. The maximum atomic E-state index is 12.4. The molecule has 3 rings (SSSR count). The molecule has 0 fully saturated rings. The summed E-state index contributed by atoms with van der Waals surface area (Å²) < 4.78 is 20.9. The zero-order valence-corrected chi connectivity index (χ0v) is 13.9. The third kappa shape index (κ3) is 3.16. The topological polar surface area (TPSA) is 54.0 Å². The van der Waals surface area contributed by atoms with Gasteiger partial charge in [0.2, 0.25) is 6.79 Å². The van der Waals surface area contributed by atoms with Crippen LogP contribution in [0.4, 0.5) is 0 Å². The first-order valence-electron chi connectivity index (χ1n) is 7.16. The van der Waals surface area contributed by atoms with Crippen LogP contribution in [0.2, 0.25) is 5.02 Å². The SMILES string of the molecule is COc1ccc(C(=O)/C=C/c2cc(Cl)c3c(c2)OCO3)c(OC)c1. The van der Waals surface area contributed by atoms with Gasteiger partial charge in [-0.15, -0.1) is 0 Å². The fourth-order valence-electron chi connectivity index (χ4n) is 2.35. The molecule has 2 aromatic rings. The van der Waals surface area contributed by atoms with E-state index in [4.69, 9.17) is 30.5 Å². The number of hydrogen-bond donors (Lipinski definition) is 0. The zero-order valence-electron chi connectivity index (χ0n) is 13.2. The molecular formula is C18H15ClO5. The number of carbonyl (C=O) groups excluding carboxylic acids is 1. The number of ether oxygens (including phenoxy) is 4. The van der Waals surface area contributed by atoms with Gasteiger partial charge >= 0.3 is 0 Å². The maximum absolute atomic E-state index is 12.4. The van der Waals surface area contributed by atoms with Crippen LogP contribution in [0.1, 0.15) is 15.9 Å². The van der Waals surface area contributed by atoms with Gasteiger partial charge in [0.05, 0.1) is 24.8 Å². The van der Waals surface area contributed by atoms with E-state index in [1.165, 1.54) is 13.2 Å². The maximum Gasteiger partial charge on any atom is 0.231 e. The minimum Gasteiger partial charge on any atom is -0.497 e. The predicted octanol–water partition coefficient (Wildman–Crippen LogP) is 3.98. The van der Waals surface area contributed by atoms with Gasteiger partial charge in [0.1, 0.15) is 11.5 Å². The van der Waals surface area contributed by atoms with Crippen LogP contribution in [0.3, 0.4) is 0 Å². The molecule has 0 bridgehead atoms. The Balaban J connectivity index is 1.85. The number of fused-ring (bicyclic) bond motifs is 1. The molecule has 0 aliphatic carbocycles. The van der Waals surface area contributed by atoms with Crippen LogP contribution in [-0.4, -0.2) is 26.8 Å². The summed E-state index contributed by atoms with van der Waals surface area (Å²) in [5.74, 6) is 1.97. The Hall–Kier alpha value is -2.66. The molecule has 24 heavy (non-hydrogen) atoms. The van der Waals surface area contributed by atoms with E-state index >= 15 is 0 Å². The Morgan fingerprint density at radius 1 is 1.17 bits per heavy atom. The Labute approximate surface area is 144 Å². The van der Waals surface area contributed by atoms with E-state index in [1.807, 2.05) is 0 Å². The van der Waals surface area contributed by atoms with Crippen LogP contribution >= 0.6 is 11.6 Å². The molecule has 0 saturated carbocycles. The molecule has 0 spiro atoms. The molecule has 0 saturated heterocycles. The fraction of sp³-hybridized carbons (Fsp3) is 0.167. The minimum absolute atomic E-state index is 0.143. The van der Waals surface area contributed by atoms with Gasteiger partial charge in [-0.2, -0.15) is 0 Å². The summed E-state index contributed by atoms with van der Waals surface area (Å²) in [4.78, 5) is 12.4. The number of carbonyl (C=O) groups is 1. The molecule has 124 valence electrons. The smallest absolute Gasteiger partial charge is 0.231 e. The van der Waals surface area contributed by atoms with Gasteiger partial charge in [-0.3, -0.25) is 4.79 Å². The predicted molar refractivity (Wildman–Crippen MR) is 90.5 cm³/mol. The Morgan fingerprint density at radius 2 is 2.00 bits per heavy atom. The average Bonchev–Trinajstić information content (AvgIpc) is 3.08. The van der Waals surface area contributed by atoms with Gasteiger partial charge in [-0.1, -0.05) is 17.7 Å². The second kappa shape index (κ2) is 6.84. The summed E-state index contributed by atoms with van der Waals surface area (Å²) in [6.45, 7) is 0.143. The van der Waals surface area contributed by atoms with E-state index in [1.54, 1.807) is 43.5 Å². The Kier molecular flexibility index (Phi) is 4.62. The van der Waals surface area contributed by atoms with Crippen LogP contribution in [0.15, 0.2) is 36.4 Å². The van der Waals surface area contributed by atoms with Crippen molar-refractivity contribution in [1.29, 1.82) is 0 Å². The monoisotopic (exact) mass is 346 g/mol. The second-order valence-corrected chi connectivity index (χ2v) is 5.41. The highest BCUT2D eigenvalue weighted by atomic mass is 35.5. The van der Waals surface area contributed by atoms with Crippen molar-refractivity contribution < 1.29 is 23.7 Å². The zero-order chi connectivity index (χ0) is 17.1. The standard InChI is InChI=1S/C18H15ClO5/c1-21-12-4-5-13(16(9-12)22-2)15(20)6-3-11-7-14(19)18-17(8-11)23-10-24-18/h3-9H,10H2,1-2H3/b6-3+. The Bertz CT molecular complexity index is 813. The number of ketones is 1. The van der Waals surface area contributed by atoms with Crippen LogP contribution in [0, 0.1) is 0 Å². The van der Waals surface area contributed by atoms with Crippen molar-refractivity contribution in [3.8, 4) is 23.0 Å². The first-order chi connectivity index (χ1) is 11.6. The lowest BCUT2D eigenvalue weighted by atomic mass is 10.1. The number of methoxy groups -OCH3 is 2. The van der Waals surface area contributed by atoms with Gasteiger partial charge < -0.3 is 18.9 Å². The molecule has 2 aromatic carbocycles. The van der Waals surface area contributed by atoms with E-state index in [0.29, 0.717) is 33.6 Å². The number of hydrogen-bond acceptors (Lipinski definition) is 5.